The lowest BCUT2D eigenvalue weighted by Gasteiger charge is -2.33. The summed E-state index contributed by atoms with van der Waals surface area (Å²) in [6.07, 6.45) is 35.5. The summed E-state index contributed by atoms with van der Waals surface area (Å²) in [5.74, 6) is 1.43. The summed E-state index contributed by atoms with van der Waals surface area (Å²) in [5.41, 5.74) is 3.25. The molecule has 1 N–H and O–H groups in total. The summed E-state index contributed by atoms with van der Waals surface area (Å²) in [7, 11) is -2.72. The molecule has 1 heterocycles. The lowest BCUT2D eigenvalue weighted by molar-refractivity contribution is -0.111. The lowest BCUT2D eigenvalue weighted by Crippen LogP contribution is -2.52. The number of rotatable bonds is 31. The smallest absolute Gasteiger partial charge is 0.373 e. The van der Waals surface area contributed by atoms with Gasteiger partial charge >= 0.3 is 8.80 Å². The van der Waals surface area contributed by atoms with Crippen LogP contribution in [-0.4, -0.2) is 39.4 Å². The summed E-state index contributed by atoms with van der Waals surface area (Å²) in [5, 5.41) is 0.327. The highest BCUT2D eigenvalue weighted by atomic mass is 32.2. The number of thioether (sulfide) groups is 1. The van der Waals surface area contributed by atoms with Crippen molar-refractivity contribution in [2.24, 2.45) is 5.92 Å². The standard InChI is InChI=1S/C37H75NO4SSi/c1-4-7-9-11-12-13-14-15-16-17-18-19-20-21-22-23-25-26-29-36-31-32-41-44(40-6-3,42-38-35-36)34-28-33-43-37(39)30-27-24-10-8-5-2/h36,38H,4-35H2,1-3H3. The second kappa shape index (κ2) is 31.7. The van der Waals surface area contributed by atoms with E-state index in [4.69, 9.17) is 13.4 Å². The van der Waals surface area contributed by atoms with E-state index in [2.05, 4.69) is 19.3 Å². The Morgan fingerprint density at radius 2 is 1.20 bits per heavy atom. The Bertz CT molecular complexity index is 616. The molecule has 1 rings (SSSR count). The van der Waals surface area contributed by atoms with Gasteiger partial charge in [0.25, 0.3) is 0 Å². The molecule has 0 amide bonds. The normalized spacial score (nSPS) is 19.2. The van der Waals surface area contributed by atoms with Gasteiger partial charge in [-0.2, -0.15) is 0 Å². The number of carbonyl (C=O) groups is 1. The predicted molar refractivity (Wildman–Crippen MR) is 194 cm³/mol. The van der Waals surface area contributed by atoms with Crippen LogP contribution in [0.5, 0.6) is 0 Å². The van der Waals surface area contributed by atoms with Crippen molar-refractivity contribution in [1.82, 2.24) is 5.48 Å². The van der Waals surface area contributed by atoms with Crippen molar-refractivity contribution in [3.63, 3.8) is 0 Å². The van der Waals surface area contributed by atoms with Gasteiger partial charge in [0.05, 0.1) is 0 Å². The Hall–Kier alpha value is 0.0769. The lowest BCUT2D eigenvalue weighted by atomic mass is 9.97. The highest BCUT2D eigenvalue weighted by Gasteiger charge is 2.42. The van der Waals surface area contributed by atoms with E-state index in [9.17, 15) is 4.79 Å². The highest BCUT2D eigenvalue weighted by molar-refractivity contribution is 8.13. The third-order valence-corrected chi connectivity index (χ3v) is 13.0. The number of carbonyl (C=O) groups excluding carboxylic acids is 1. The molecule has 2 atom stereocenters. The zero-order chi connectivity index (χ0) is 31.8. The van der Waals surface area contributed by atoms with Gasteiger partial charge in [-0.05, 0) is 38.5 Å². The van der Waals surface area contributed by atoms with Crippen molar-refractivity contribution in [3.8, 4) is 0 Å². The zero-order valence-electron chi connectivity index (χ0n) is 29.7. The average molecular weight is 658 g/mol. The minimum atomic E-state index is -2.72. The van der Waals surface area contributed by atoms with Crippen LogP contribution < -0.4 is 5.48 Å². The molecule has 0 saturated carbocycles. The van der Waals surface area contributed by atoms with Gasteiger partial charge in [0, 0.05) is 38.0 Å². The van der Waals surface area contributed by atoms with Crippen LogP contribution in [0.3, 0.4) is 0 Å². The molecule has 1 saturated heterocycles. The molecule has 5 nitrogen and oxygen atoms in total. The molecule has 262 valence electrons. The topological polar surface area (TPSA) is 56.8 Å². The van der Waals surface area contributed by atoms with Crippen LogP contribution in [0.2, 0.25) is 6.04 Å². The monoisotopic (exact) mass is 658 g/mol. The van der Waals surface area contributed by atoms with Crippen LogP contribution in [0.25, 0.3) is 0 Å². The summed E-state index contributed by atoms with van der Waals surface area (Å²) in [6, 6.07) is 0.772. The quantitative estimate of drug-likeness (QED) is 0.0591. The van der Waals surface area contributed by atoms with Crippen molar-refractivity contribution < 1.29 is 18.2 Å². The maximum atomic E-state index is 12.2. The van der Waals surface area contributed by atoms with E-state index in [-0.39, 0.29) is 0 Å². The molecular weight excluding hydrogens is 583 g/mol. The largest absolute Gasteiger partial charge is 0.517 e. The Labute approximate surface area is 280 Å². The van der Waals surface area contributed by atoms with Gasteiger partial charge in [-0.3, -0.25) is 9.32 Å². The molecule has 1 fully saturated rings. The van der Waals surface area contributed by atoms with Crippen molar-refractivity contribution in [2.45, 2.75) is 200 Å². The first-order chi connectivity index (χ1) is 21.7. The molecule has 0 bridgehead atoms. The fourth-order valence-corrected chi connectivity index (χ4v) is 9.70. The molecule has 1 aliphatic heterocycles. The van der Waals surface area contributed by atoms with Crippen LogP contribution in [0, 0.1) is 5.92 Å². The first-order valence-corrected chi connectivity index (χ1v) is 22.4. The molecule has 0 radical (unpaired) electrons. The third kappa shape index (κ3) is 25.2. The number of unbranched alkanes of at least 4 members (excludes halogenated alkanes) is 21. The van der Waals surface area contributed by atoms with Gasteiger partial charge in [0.2, 0.25) is 0 Å². The average Bonchev–Trinajstić information content (AvgIpc) is 3.01. The number of hydroxylamine groups is 1. The molecule has 0 aliphatic carbocycles. The van der Waals surface area contributed by atoms with Gasteiger partial charge in [-0.15, -0.1) is 0 Å². The third-order valence-electron chi connectivity index (χ3n) is 9.15. The SMILES string of the molecule is CCCCCCCCCCCCCCCCCCCCC1CCO[Si](CCCSC(=O)CCCCCCC)(OCC)ONC1. The minimum Gasteiger partial charge on any atom is -0.373 e. The van der Waals surface area contributed by atoms with E-state index in [1.807, 2.05) is 6.92 Å². The minimum absolute atomic E-state index is 0.327. The summed E-state index contributed by atoms with van der Waals surface area (Å²) in [4.78, 5) is 12.2. The Morgan fingerprint density at radius 1 is 0.705 bits per heavy atom. The Balaban J connectivity index is 2.00. The Kier molecular flexibility index (Phi) is 30.3. The van der Waals surface area contributed by atoms with E-state index in [1.54, 1.807) is 0 Å². The molecule has 7 heteroatoms. The van der Waals surface area contributed by atoms with Gasteiger partial charge in [0.1, 0.15) is 0 Å². The van der Waals surface area contributed by atoms with Crippen LogP contribution in [0.15, 0.2) is 0 Å². The molecule has 0 aromatic carbocycles. The Morgan fingerprint density at radius 3 is 1.73 bits per heavy atom. The summed E-state index contributed by atoms with van der Waals surface area (Å²) < 4.78 is 18.6. The van der Waals surface area contributed by atoms with Gasteiger partial charge in [0.15, 0.2) is 5.12 Å². The van der Waals surface area contributed by atoms with E-state index >= 15 is 0 Å². The first-order valence-electron chi connectivity index (χ1n) is 19.5. The fraction of sp³-hybridized carbons (Fsp3) is 0.973. The molecule has 44 heavy (non-hydrogen) atoms. The number of nitrogens with one attached hydrogen (secondary N) is 1. The second-order valence-corrected chi connectivity index (χ2v) is 17.2. The summed E-state index contributed by atoms with van der Waals surface area (Å²) in [6.45, 7) is 8.74. The number of hydrogen-bond donors (Lipinski definition) is 1. The van der Waals surface area contributed by atoms with Gasteiger partial charge in [-0.1, -0.05) is 167 Å². The van der Waals surface area contributed by atoms with Crippen LogP contribution in [0.1, 0.15) is 194 Å². The highest BCUT2D eigenvalue weighted by Crippen LogP contribution is 2.24. The maximum Gasteiger partial charge on any atom is 0.517 e. The van der Waals surface area contributed by atoms with Crippen molar-refractivity contribution in [1.29, 1.82) is 0 Å². The predicted octanol–water partition coefficient (Wildman–Crippen LogP) is 12.0. The van der Waals surface area contributed by atoms with Crippen LogP contribution in [0.4, 0.5) is 0 Å². The van der Waals surface area contributed by atoms with Crippen molar-refractivity contribution >= 4 is 25.7 Å². The van der Waals surface area contributed by atoms with E-state index in [1.165, 1.54) is 159 Å². The first kappa shape index (κ1) is 42.1. The fourth-order valence-electron chi connectivity index (χ4n) is 6.27. The van der Waals surface area contributed by atoms with Crippen molar-refractivity contribution in [2.75, 3.05) is 25.5 Å². The molecule has 0 spiro atoms. The van der Waals surface area contributed by atoms with Crippen molar-refractivity contribution in [3.05, 3.63) is 0 Å². The van der Waals surface area contributed by atoms with Crippen LogP contribution in [-0.2, 0) is 18.2 Å². The summed E-state index contributed by atoms with van der Waals surface area (Å²) >= 11 is 1.48. The number of hydrogen-bond acceptors (Lipinski definition) is 6. The van der Waals surface area contributed by atoms with E-state index in [0.29, 0.717) is 24.1 Å². The maximum absolute atomic E-state index is 12.2. The van der Waals surface area contributed by atoms with Gasteiger partial charge in [-0.25, -0.2) is 5.48 Å². The van der Waals surface area contributed by atoms with E-state index in [0.717, 1.165) is 44.2 Å². The zero-order valence-corrected chi connectivity index (χ0v) is 31.6. The molecule has 1 aliphatic rings. The molecular formula is C37H75NO4SSi. The molecule has 2 unspecified atom stereocenters. The molecule has 0 aromatic rings. The molecule has 0 aromatic heterocycles. The van der Waals surface area contributed by atoms with Gasteiger partial charge < -0.3 is 8.85 Å². The second-order valence-electron chi connectivity index (χ2n) is 13.4. The van der Waals surface area contributed by atoms with E-state index < -0.39 is 8.80 Å². The van der Waals surface area contributed by atoms with Crippen LogP contribution >= 0.6 is 11.8 Å².